The van der Waals surface area contributed by atoms with Crippen LogP contribution in [0.1, 0.15) is 29.9 Å². The summed E-state index contributed by atoms with van der Waals surface area (Å²) in [6.07, 6.45) is 6.04. The molecule has 0 atom stereocenters. The molecular formula is C22H27N7. The summed E-state index contributed by atoms with van der Waals surface area (Å²) in [5.41, 5.74) is 6.73. The lowest BCUT2D eigenvalue weighted by atomic mass is 10.1. The first-order valence-electron chi connectivity index (χ1n) is 10.3. The minimum Gasteiger partial charge on any atom is -0.379 e. The van der Waals surface area contributed by atoms with Gasteiger partial charge in [-0.15, -0.1) is 10.2 Å². The lowest BCUT2D eigenvalue weighted by molar-refractivity contribution is 0.264. The maximum atomic E-state index is 4.49. The van der Waals surface area contributed by atoms with Crippen LogP contribution >= 0.6 is 0 Å². The number of hydrogen-bond donors (Lipinski definition) is 1. The molecule has 0 amide bonds. The van der Waals surface area contributed by atoms with Crippen molar-refractivity contribution in [2.45, 2.75) is 39.3 Å². The number of fused-ring (bicyclic) bond motifs is 3. The molecule has 0 spiro atoms. The zero-order valence-corrected chi connectivity index (χ0v) is 17.3. The van der Waals surface area contributed by atoms with Gasteiger partial charge in [-0.1, -0.05) is 6.07 Å². The Bertz CT molecular complexity index is 1150. The molecule has 1 fully saturated rings. The van der Waals surface area contributed by atoms with Crippen LogP contribution in [0.15, 0.2) is 36.7 Å². The van der Waals surface area contributed by atoms with Crippen molar-refractivity contribution >= 4 is 22.4 Å². The molecule has 7 nitrogen and oxygen atoms in total. The van der Waals surface area contributed by atoms with Crippen LogP contribution in [0, 0.1) is 13.8 Å². The Morgan fingerprint density at radius 2 is 1.93 bits per heavy atom. The van der Waals surface area contributed by atoms with Crippen LogP contribution in [-0.4, -0.2) is 55.2 Å². The quantitative estimate of drug-likeness (QED) is 0.580. The summed E-state index contributed by atoms with van der Waals surface area (Å²) in [6, 6.07) is 9.06. The van der Waals surface area contributed by atoms with Gasteiger partial charge in [0.25, 0.3) is 0 Å². The van der Waals surface area contributed by atoms with E-state index in [0.29, 0.717) is 6.04 Å². The molecule has 1 N–H and O–H groups in total. The highest BCUT2D eigenvalue weighted by molar-refractivity contribution is 5.88. The van der Waals surface area contributed by atoms with Gasteiger partial charge >= 0.3 is 0 Å². The number of anilines is 1. The summed E-state index contributed by atoms with van der Waals surface area (Å²) < 4.78 is 4.53. The van der Waals surface area contributed by atoms with Crippen molar-refractivity contribution in [1.82, 2.24) is 29.0 Å². The Labute approximate surface area is 170 Å². The van der Waals surface area contributed by atoms with E-state index in [0.717, 1.165) is 55.2 Å². The number of aromatic nitrogens is 5. The standard InChI is InChI=1S/C22H27N7/c1-15-11-21-20(28(15)14-17-5-4-8-23-13-17)12-19(22-26-25-16(2)29(21)22)24-18-6-9-27(3)10-7-18/h4-5,8,11-13,18,24H,6-7,9-10,14H2,1-3H3. The molecule has 0 radical (unpaired) electrons. The third-order valence-corrected chi connectivity index (χ3v) is 6.05. The van der Waals surface area contributed by atoms with Crippen molar-refractivity contribution in [1.29, 1.82) is 0 Å². The summed E-state index contributed by atoms with van der Waals surface area (Å²) in [5.74, 6) is 0.913. The minimum absolute atomic E-state index is 0.465. The van der Waals surface area contributed by atoms with E-state index in [4.69, 9.17) is 0 Å². The van der Waals surface area contributed by atoms with Crippen LogP contribution in [0.3, 0.4) is 0 Å². The number of piperidine rings is 1. The lowest BCUT2D eigenvalue weighted by Gasteiger charge is -2.30. The Hall–Kier alpha value is -2.93. The Balaban J connectivity index is 1.61. The molecule has 4 aromatic heterocycles. The first kappa shape index (κ1) is 18.1. The second kappa shape index (κ2) is 7.15. The van der Waals surface area contributed by atoms with Crippen LogP contribution in [0.2, 0.25) is 0 Å². The van der Waals surface area contributed by atoms with Gasteiger partial charge in [0, 0.05) is 30.7 Å². The molecule has 7 heteroatoms. The molecule has 0 aromatic carbocycles. The van der Waals surface area contributed by atoms with Gasteiger partial charge in [-0.3, -0.25) is 9.38 Å². The predicted octanol–water partition coefficient (Wildman–Crippen LogP) is 3.25. The van der Waals surface area contributed by atoms with Gasteiger partial charge < -0.3 is 14.8 Å². The predicted molar refractivity (Wildman–Crippen MR) is 115 cm³/mol. The maximum absolute atomic E-state index is 4.49. The Morgan fingerprint density at radius 3 is 2.69 bits per heavy atom. The summed E-state index contributed by atoms with van der Waals surface area (Å²) in [4.78, 5) is 6.67. The van der Waals surface area contributed by atoms with E-state index in [-0.39, 0.29) is 0 Å². The third kappa shape index (κ3) is 3.25. The van der Waals surface area contributed by atoms with Gasteiger partial charge in [0.05, 0.1) is 16.7 Å². The third-order valence-electron chi connectivity index (χ3n) is 6.05. The first-order valence-corrected chi connectivity index (χ1v) is 10.3. The van der Waals surface area contributed by atoms with Gasteiger partial charge in [-0.25, -0.2) is 0 Å². The average molecular weight is 390 g/mol. The molecule has 0 bridgehead atoms. The van der Waals surface area contributed by atoms with E-state index in [9.17, 15) is 0 Å². The number of likely N-dealkylation sites (tertiary alicyclic amines) is 1. The highest BCUT2D eigenvalue weighted by atomic mass is 15.3. The molecule has 1 aliphatic heterocycles. The second-order valence-electron chi connectivity index (χ2n) is 8.19. The normalized spacial score (nSPS) is 16.1. The van der Waals surface area contributed by atoms with Crippen molar-refractivity contribution in [3.8, 4) is 0 Å². The number of rotatable bonds is 4. The van der Waals surface area contributed by atoms with Gasteiger partial charge in [-0.05, 0) is 70.6 Å². The SMILES string of the molecule is Cc1cc2c(cc(NC3CCN(C)CC3)c3nnc(C)n32)n1Cc1cccnc1. The Kier molecular flexibility index (Phi) is 4.47. The second-order valence-corrected chi connectivity index (χ2v) is 8.19. The van der Waals surface area contributed by atoms with E-state index in [1.807, 2.05) is 25.4 Å². The fraction of sp³-hybridized carbons (Fsp3) is 0.409. The molecule has 5 heterocycles. The number of hydrogen-bond acceptors (Lipinski definition) is 5. The monoisotopic (exact) mass is 389 g/mol. The number of aryl methyl sites for hydroxylation is 2. The Morgan fingerprint density at radius 1 is 1.10 bits per heavy atom. The molecule has 0 saturated carbocycles. The molecule has 0 unspecified atom stereocenters. The van der Waals surface area contributed by atoms with Crippen LogP contribution < -0.4 is 5.32 Å². The largest absolute Gasteiger partial charge is 0.379 e. The summed E-state index contributed by atoms with van der Waals surface area (Å²) >= 11 is 0. The van der Waals surface area contributed by atoms with E-state index >= 15 is 0 Å². The molecule has 1 aliphatic rings. The van der Waals surface area contributed by atoms with Crippen molar-refractivity contribution in [2.75, 3.05) is 25.5 Å². The fourth-order valence-corrected chi connectivity index (χ4v) is 4.40. The highest BCUT2D eigenvalue weighted by Gasteiger charge is 2.21. The molecule has 29 heavy (non-hydrogen) atoms. The zero-order valence-electron chi connectivity index (χ0n) is 17.3. The maximum Gasteiger partial charge on any atom is 0.184 e. The molecule has 0 aliphatic carbocycles. The highest BCUT2D eigenvalue weighted by Crippen LogP contribution is 2.29. The number of nitrogens with one attached hydrogen (secondary N) is 1. The topological polar surface area (TPSA) is 63.3 Å². The van der Waals surface area contributed by atoms with E-state index < -0.39 is 0 Å². The van der Waals surface area contributed by atoms with Gasteiger partial charge in [0.1, 0.15) is 5.82 Å². The summed E-state index contributed by atoms with van der Waals surface area (Å²) in [6.45, 7) is 7.22. The van der Waals surface area contributed by atoms with Crippen LogP contribution in [0.4, 0.5) is 5.69 Å². The first-order chi connectivity index (χ1) is 14.1. The summed E-state index contributed by atoms with van der Waals surface area (Å²) in [5, 5.41) is 12.6. The molecule has 150 valence electrons. The molecule has 4 aromatic rings. The number of pyridine rings is 2. The smallest absolute Gasteiger partial charge is 0.184 e. The molecule has 1 saturated heterocycles. The van der Waals surface area contributed by atoms with Crippen molar-refractivity contribution < 1.29 is 0 Å². The average Bonchev–Trinajstić information content (AvgIpc) is 3.25. The van der Waals surface area contributed by atoms with Crippen molar-refractivity contribution in [2.24, 2.45) is 0 Å². The van der Waals surface area contributed by atoms with Gasteiger partial charge in [0.15, 0.2) is 5.65 Å². The summed E-state index contributed by atoms with van der Waals surface area (Å²) in [7, 11) is 2.19. The van der Waals surface area contributed by atoms with Crippen LogP contribution in [0.5, 0.6) is 0 Å². The van der Waals surface area contributed by atoms with Gasteiger partial charge in [0.2, 0.25) is 0 Å². The van der Waals surface area contributed by atoms with Gasteiger partial charge in [-0.2, -0.15) is 0 Å². The van der Waals surface area contributed by atoms with Crippen molar-refractivity contribution in [3.63, 3.8) is 0 Å². The lowest BCUT2D eigenvalue weighted by Crippen LogP contribution is -2.36. The minimum atomic E-state index is 0.465. The van der Waals surface area contributed by atoms with Crippen LogP contribution in [-0.2, 0) is 6.54 Å². The van der Waals surface area contributed by atoms with E-state index in [1.165, 1.54) is 16.8 Å². The fourth-order valence-electron chi connectivity index (χ4n) is 4.40. The molecular weight excluding hydrogens is 362 g/mol. The van der Waals surface area contributed by atoms with E-state index in [2.05, 4.69) is 66.5 Å². The van der Waals surface area contributed by atoms with Crippen molar-refractivity contribution in [3.05, 3.63) is 53.7 Å². The van der Waals surface area contributed by atoms with E-state index in [1.54, 1.807) is 0 Å². The zero-order chi connectivity index (χ0) is 20.0. The number of nitrogens with zero attached hydrogens (tertiary/aromatic N) is 6. The molecule has 5 rings (SSSR count). The van der Waals surface area contributed by atoms with Crippen LogP contribution in [0.25, 0.3) is 16.7 Å².